The van der Waals surface area contributed by atoms with Crippen molar-refractivity contribution in [3.05, 3.63) is 57.2 Å². The molecule has 2 heterocycles. The Labute approximate surface area is 158 Å². The summed E-state index contributed by atoms with van der Waals surface area (Å²) >= 11 is 7.50. The largest absolute Gasteiger partial charge is 0.495 e. The molecular formula is C17H15ClN4O3S. The number of nitrogens with one attached hydrogen (secondary N) is 1. The lowest BCUT2D eigenvalue weighted by atomic mass is 10.3. The molecular weight excluding hydrogens is 376 g/mol. The number of thiophene rings is 1. The Kier molecular flexibility index (Phi) is 5.24. The average Bonchev–Trinajstić information content (AvgIpc) is 3.13. The first kappa shape index (κ1) is 18.0. The van der Waals surface area contributed by atoms with Crippen molar-refractivity contribution < 1.29 is 9.53 Å². The number of carbonyl (C=O) groups is 1. The van der Waals surface area contributed by atoms with Gasteiger partial charge in [0.05, 0.1) is 17.0 Å². The van der Waals surface area contributed by atoms with Crippen LogP contribution in [0, 0.1) is 0 Å². The van der Waals surface area contributed by atoms with Gasteiger partial charge in [-0.15, -0.1) is 11.3 Å². The summed E-state index contributed by atoms with van der Waals surface area (Å²) in [7, 11) is 1.50. The van der Waals surface area contributed by atoms with Gasteiger partial charge in [-0.3, -0.25) is 9.59 Å². The second-order valence-corrected chi connectivity index (χ2v) is 6.68. The number of ether oxygens (including phenoxy) is 1. The number of hydrogen-bond donors (Lipinski definition) is 2. The number of rotatable bonds is 5. The SMILES string of the molecule is COc1ccc(NC(=O)Cn2nc(-c3cccs3)cc(N)c2=O)cc1Cl. The van der Waals surface area contributed by atoms with Crippen LogP contribution in [0.1, 0.15) is 0 Å². The summed E-state index contributed by atoms with van der Waals surface area (Å²) in [6.45, 7) is -0.272. The third kappa shape index (κ3) is 3.87. The monoisotopic (exact) mass is 390 g/mol. The molecule has 0 bridgehead atoms. The van der Waals surface area contributed by atoms with Crippen LogP contribution in [-0.2, 0) is 11.3 Å². The molecule has 0 saturated carbocycles. The first-order valence-electron chi connectivity index (χ1n) is 7.53. The summed E-state index contributed by atoms with van der Waals surface area (Å²) in [5.74, 6) is 0.0718. The van der Waals surface area contributed by atoms with Crippen molar-refractivity contribution >= 4 is 40.2 Å². The molecule has 0 atom stereocenters. The minimum absolute atomic E-state index is 0.0312. The Morgan fingerprint density at radius 2 is 2.19 bits per heavy atom. The third-order valence-corrected chi connectivity index (χ3v) is 4.69. The fourth-order valence-electron chi connectivity index (χ4n) is 2.29. The number of hydrogen-bond acceptors (Lipinski definition) is 6. The number of aromatic nitrogens is 2. The molecule has 9 heteroatoms. The smallest absolute Gasteiger partial charge is 0.290 e. The zero-order valence-electron chi connectivity index (χ0n) is 13.7. The van der Waals surface area contributed by atoms with Crippen molar-refractivity contribution in [2.45, 2.75) is 6.54 Å². The normalized spacial score (nSPS) is 10.5. The minimum atomic E-state index is -0.520. The Balaban J connectivity index is 1.81. The number of nitrogens with zero attached hydrogens (tertiary/aromatic N) is 2. The molecule has 0 aliphatic heterocycles. The molecule has 0 saturated heterocycles. The van der Waals surface area contributed by atoms with E-state index in [1.807, 2.05) is 17.5 Å². The van der Waals surface area contributed by atoms with E-state index >= 15 is 0 Å². The summed E-state index contributed by atoms with van der Waals surface area (Å²) in [4.78, 5) is 25.3. The Morgan fingerprint density at radius 3 is 2.85 bits per heavy atom. The maximum Gasteiger partial charge on any atom is 0.290 e. The molecule has 1 aromatic carbocycles. The number of amides is 1. The lowest BCUT2D eigenvalue weighted by Gasteiger charge is -2.10. The Hall–Kier alpha value is -2.84. The quantitative estimate of drug-likeness (QED) is 0.697. The summed E-state index contributed by atoms with van der Waals surface area (Å²) in [5.41, 5.74) is 6.31. The second-order valence-electron chi connectivity index (χ2n) is 5.32. The van der Waals surface area contributed by atoms with Crippen LogP contribution < -0.4 is 21.3 Å². The van der Waals surface area contributed by atoms with Gasteiger partial charge < -0.3 is 15.8 Å². The topological polar surface area (TPSA) is 99.2 Å². The van der Waals surface area contributed by atoms with Crippen LogP contribution in [0.3, 0.4) is 0 Å². The first-order chi connectivity index (χ1) is 12.5. The highest BCUT2D eigenvalue weighted by Crippen LogP contribution is 2.27. The fourth-order valence-corrected chi connectivity index (χ4v) is 3.23. The zero-order valence-corrected chi connectivity index (χ0v) is 15.3. The molecule has 1 amide bonds. The van der Waals surface area contributed by atoms with E-state index in [2.05, 4.69) is 10.4 Å². The average molecular weight is 391 g/mol. The summed E-state index contributed by atoms with van der Waals surface area (Å²) < 4.78 is 6.11. The number of carbonyl (C=O) groups excluding carboxylic acids is 1. The van der Waals surface area contributed by atoms with Crippen molar-refractivity contribution in [2.24, 2.45) is 0 Å². The number of methoxy groups -OCH3 is 1. The molecule has 0 radical (unpaired) electrons. The summed E-state index contributed by atoms with van der Waals surface area (Å²) in [6.07, 6.45) is 0. The molecule has 134 valence electrons. The lowest BCUT2D eigenvalue weighted by Crippen LogP contribution is -2.31. The molecule has 2 aromatic heterocycles. The second kappa shape index (κ2) is 7.59. The van der Waals surface area contributed by atoms with Gasteiger partial charge in [0, 0.05) is 5.69 Å². The molecule has 0 spiro atoms. The van der Waals surface area contributed by atoms with Gasteiger partial charge in [0.15, 0.2) is 0 Å². The molecule has 3 aromatic rings. The predicted octanol–water partition coefficient (Wildman–Crippen LogP) is 2.85. The molecule has 0 fully saturated rings. The minimum Gasteiger partial charge on any atom is -0.495 e. The van der Waals surface area contributed by atoms with Gasteiger partial charge >= 0.3 is 0 Å². The van der Waals surface area contributed by atoms with Gasteiger partial charge in [0.1, 0.15) is 23.7 Å². The maximum atomic E-state index is 12.3. The third-order valence-electron chi connectivity index (χ3n) is 3.50. The number of anilines is 2. The summed E-state index contributed by atoms with van der Waals surface area (Å²) in [6, 6.07) is 10.1. The number of nitrogens with two attached hydrogens (primary N) is 1. The Bertz CT molecular complexity index is 1000. The van der Waals surface area contributed by atoms with Crippen LogP contribution in [-0.4, -0.2) is 22.8 Å². The zero-order chi connectivity index (χ0) is 18.7. The lowest BCUT2D eigenvalue weighted by molar-refractivity contribution is -0.117. The van der Waals surface area contributed by atoms with E-state index in [0.29, 0.717) is 22.2 Å². The molecule has 3 rings (SSSR count). The van der Waals surface area contributed by atoms with Crippen LogP contribution in [0.25, 0.3) is 10.6 Å². The van der Waals surface area contributed by atoms with E-state index in [9.17, 15) is 9.59 Å². The van der Waals surface area contributed by atoms with Gasteiger partial charge in [-0.1, -0.05) is 17.7 Å². The van der Waals surface area contributed by atoms with Crippen LogP contribution in [0.4, 0.5) is 11.4 Å². The number of halogens is 1. The van der Waals surface area contributed by atoms with E-state index < -0.39 is 11.5 Å². The van der Waals surface area contributed by atoms with E-state index in [4.69, 9.17) is 22.1 Å². The van der Waals surface area contributed by atoms with E-state index in [1.165, 1.54) is 24.5 Å². The van der Waals surface area contributed by atoms with Crippen molar-refractivity contribution in [1.29, 1.82) is 0 Å². The van der Waals surface area contributed by atoms with Gasteiger partial charge in [0.25, 0.3) is 5.56 Å². The first-order valence-corrected chi connectivity index (χ1v) is 8.78. The van der Waals surface area contributed by atoms with Crippen LogP contribution in [0.2, 0.25) is 5.02 Å². The maximum absolute atomic E-state index is 12.3. The molecule has 26 heavy (non-hydrogen) atoms. The van der Waals surface area contributed by atoms with Gasteiger partial charge in [-0.25, -0.2) is 4.68 Å². The number of nitrogen functional groups attached to an aromatic ring is 1. The van der Waals surface area contributed by atoms with E-state index in [-0.39, 0.29) is 12.2 Å². The van der Waals surface area contributed by atoms with E-state index in [0.717, 1.165) is 9.56 Å². The molecule has 7 nitrogen and oxygen atoms in total. The van der Waals surface area contributed by atoms with Crippen molar-refractivity contribution in [3.8, 4) is 16.3 Å². The van der Waals surface area contributed by atoms with Crippen molar-refractivity contribution in [1.82, 2.24) is 9.78 Å². The highest BCUT2D eigenvalue weighted by Gasteiger charge is 2.12. The van der Waals surface area contributed by atoms with E-state index in [1.54, 1.807) is 18.2 Å². The Morgan fingerprint density at radius 1 is 1.38 bits per heavy atom. The van der Waals surface area contributed by atoms with Crippen molar-refractivity contribution in [3.63, 3.8) is 0 Å². The molecule has 0 unspecified atom stereocenters. The highest BCUT2D eigenvalue weighted by molar-refractivity contribution is 7.13. The van der Waals surface area contributed by atoms with Crippen molar-refractivity contribution in [2.75, 3.05) is 18.2 Å². The molecule has 0 aliphatic carbocycles. The number of benzene rings is 1. The van der Waals surface area contributed by atoms with Gasteiger partial charge in [0.2, 0.25) is 5.91 Å². The van der Waals surface area contributed by atoms with Crippen LogP contribution in [0.5, 0.6) is 5.75 Å². The standard InChI is InChI=1S/C17H15ClN4O3S/c1-25-14-5-4-10(7-11(14)18)20-16(23)9-22-17(24)12(19)8-13(21-22)15-3-2-6-26-15/h2-8H,9,19H2,1H3,(H,20,23). The predicted molar refractivity (Wildman–Crippen MR) is 103 cm³/mol. The highest BCUT2D eigenvalue weighted by atomic mass is 35.5. The molecule has 0 aliphatic rings. The van der Waals surface area contributed by atoms with Crippen LogP contribution >= 0.6 is 22.9 Å². The summed E-state index contributed by atoms with van der Waals surface area (Å²) in [5, 5.41) is 9.15. The van der Waals surface area contributed by atoms with Gasteiger partial charge in [-0.05, 0) is 35.7 Å². The fraction of sp³-hybridized carbons (Fsp3) is 0.118. The van der Waals surface area contributed by atoms with Crippen LogP contribution in [0.15, 0.2) is 46.6 Å². The van der Waals surface area contributed by atoms with Gasteiger partial charge in [-0.2, -0.15) is 5.10 Å². The molecule has 3 N–H and O–H groups in total.